The van der Waals surface area contributed by atoms with Crippen molar-refractivity contribution in [2.75, 3.05) is 23.6 Å². The molecule has 0 heterocycles. The number of hydrazine groups is 1. The van der Waals surface area contributed by atoms with Gasteiger partial charge in [-0.1, -0.05) is 48.5 Å². The van der Waals surface area contributed by atoms with Crippen LogP contribution in [0.1, 0.15) is 12.0 Å². The molecule has 0 aliphatic heterocycles. The van der Waals surface area contributed by atoms with Crippen LogP contribution < -0.4 is 15.8 Å². The van der Waals surface area contributed by atoms with Gasteiger partial charge in [-0.05, 0) is 48.3 Å². The average molecular weight is 346 g/mol. The zero-order valence-corrected chi connectivity index (χ0v) is 15.0. The van der Waals surface area contributed by atoms with Crippen LogP contribution in [-0.4, -0.2) is 23.7 Å². The maximum atomic E-state index is 5.43. The van der Waals surface area contributed by atoms with Crippen LogP contribution in [0.3, 0.4) is 0 Å². The summed E-state index contributed by atoms with van der Waals surface area (Å²) in [7, 11) is 0. The van der Waals surface area contributed by atoms with Crippen molar-refractivity contribution in [3.63, 3.8) is 0 Å². The third-order valence-corrected chi connectivity index (χ3v) is 4.23. The molecule has 0 bridgehead atoms. The first-order valence-electron chi connectivity index (χ1n) is 7.69. The molecule has 0 aliphatic carbocycles. The van der Waals surface area contributed by atoms with Gasteiger partial charge in [-0.25, -0.2) is 0 Å². The number of para-hydroxylation sites is 1. The number of benzene rings is 2. The molecule has 0 aromatic heterocycles. The average Bonchev–Trinajstić information content (AvgIpc) is 2.60. The minimum Gasteiger partial charge on any atom is -0.361 e. The Morgan fingerprint density at radius 1 is 1.04 bits per heavy atom. The molecule has 3 nitrogen and oxygen atoms in total. The lowest BCUT2D eigenvalue weighted by molar-refractivity contribution is 0.735. The summed E-state index contributed by atoms with van der Waals surface area (Å²) in [6.07, 6.45) is 3.22. The molecular formula is C18H23N3S2. The van der Waals surface area contributed by atoms with Crippen molar-refractivity contribution >= 4 is 34.8 Å². The van der Waals surface area contributed by atoms with E-state index in [2.05, 4.69) is 58.4 Å². The highest BCUT2D eigenvalue weighted by molar-refractivity contribution is 7.98. The standard InChI is InChI=1S/C18H23N3S2/c1-23-14-8-13-19-18(22)20-21(17-11-6-3-7-12-17)15-16-9-4-2-5-10-16/h2-7,9-12H,8,13-15H2,1H3,(H2,19,20,22). The van der Waals surface area contributed by atoms with Crippen molar-refractivity contribution in [2.24, 2.45) is 0 Å². The van der Waals surface area contributed by atoms with Gasteiger partial charge in [0, 0.05) is 6.54 Å². The Kier molecular flexibility index (Phi) is 7.77. The molecule has 0 saturated heterocycles. The van der Waals surface area contributed by atoms with Crippen molar-refractivity contribution in [2.45, 2.75) is 13.0 Å². The van der Waals surface area contributed by atoms with Crippen LogP contribution in [0.2, 0.25) is 0 Å². The SMILES string of the molecule is CSCCCNC(=S)NN(Cc1ccccc1)c1ccccc1. The quantitative estimate of drug-likeness (QED) is 0.431. The van der Waals surface area contributed by atoms with Crippen molar-refractivity contribution in [1.29, 1.82) is 0 Å². The molecule has 0 unspecified atom stereocenters. The molecule has 23 heavy (non-hydrogen) atoms. The minimum absolute atomic E-state index is 0.658. The maximum Gasteiger partial charge on any atom is 0.185 e. The van der Waals surface area contributed by atoms with Gasteiger partial charge >= 0.3 is 0 Å². The summed E-state index contributed by atoms with van der Waals surface area (Å²) in [4.78, 5) is 0. The van der Waals surface area contributed by atoms with Crippen LogP contribution in [-0.2, 0) is 6.54 Å². The molecule has 0 saturated carbocycles. The summed E-state index contributed by atoms with van der Waals surface area (Å²) in [5.74, 6) is 1.14. The molecule has 0 spiro atoms. The van der Waals surface area contributed by atoms with Gasteiger partial charge in [0.1, 0.15) is 0 Å². The molecular weight excluding hydrogens is 322 g/mol. The zero-order chi connectivity index (χ0) is 16.3. The summed E-state index contributed by atoms with van der Waals surface area (Å²) in [5, 5.41) is 6.00. The predicted octanol–water partition coefficient (Wildman–Crippen LogP) is 3.83. The molecule has 5 heteroatoms. The number of hydrogen-bond donors (Lipinski definition) is 2. The van der Waals surface area contributed by atoms with Crippen molar-refractivity contribution in [1.82, 2.24) is 10.7 Å². The van der Waals surface area contributed by atoms with E-state index in [9.17, 15) is 0 Å². The van der Waals surface area contributed by atoms with Crippen LogP contribution in [0.25, 0.3) is 0 Å². The van der Waals surface area contributed by atoms with Crippen LogP contribution in [0, 0.1) is 0 Å². The molecule has 2 aromatic rings. The van der Waals surface area contributed by atoms with Crippen molar-refractivity contribution in [3.05, 3.63) is 66.2 Å². The number of nitrogens with zero attached hydrogens (tertiary/aromatic N) is 1. The van der Waals surface area contributed by atoms with Crippen molar-refractivity contribution in [3.8, 4) is 0 Å². The minimum atomic E-state index is 0.658. The van der Waals surface area contributed by atoms with E-state index in [1.165, 1.54) is 5.56 Å². The third kappa shape index (κ3) is 6.50. The number of nitrogens with one attached hydrogen (secondary N) is 2. The molecule has 0 aliphatic rings. The second-order valence-electron chi connectivity index (χ2n) is 5.12. The molecule has 2 rings (SSSR count). The molecule has 0 amide bonds. The molecule has 122 valence electrons. The Morgan fingerprint density at radius 2 is 1.70 bits per heavy atom. The van der Waals surface area contributed by atoms with Crippen LogP contribution in [0.5, 0.6) is 0 Å². The van der Waals surface area contributed by atoms with E-state index in [-0.39, 0.29) is 0 Å². The van der Waals surface area contributed by atoms with Gasteiger partial charge in [0.25, 0.3) is 0 Å². The van der Waals surface area contributed by atoms with Crippen LogP contribution in [0.4, 0.5) is 5.69 Å². The van der Waals surface area contributed by atoms with Gasteiger partial charge in [-0.2, -0.15) is 11.8 Å². The smallest absolute Gasteiger partial charge is 0.185 e. The summed E-state index contributed by atoms with van der Waals surface area (Å²) >= 11 is 7.28. The predicted molar refractivity (Wildman–Crippen MR) is 106 cm³/mol. The molecule has 0 fully saturated rings. The number of rotatable bonds is 8. The fraction of sp³-hybridized carbons (Fsp3) is 0.278. The van der Waals surface area contributed by atoms with Crippen molar-refractivity contribution < 1.29 is 0 Å². The lowest BCUT2D eigenvalue weighted by Crippen LogP contribution is -2.47. The Morgan fingerprint density at radius 3 is 2.35 bits per heavy atom. The number of anilines is 1. The van der Waals surface area contributed by atoms with Gasteiger partial charge in [-0.3, -0.25) is 10.4 Å². The highest BCUT2D eigenvalue weighted by atomic mass is 32.2. The van der Waals surface area contributed by atoms with Gasteiger partial charge in [0.15, 0.2) is 5.11 Å². The summed E-state index contributed by atoms with van der Waals surface area (Å²) < 4.78 is 0. The Hall–Kier alpha value is -1.72. The van der Waals surface area contributed by atoms with Crippen LogP contribution in [0.15, 0.2) is 60.7 Å². The van der Waals surface area contributed by atoms with Gasteiger partial charge in [-0.15, -0.1) is 0 Å². The van der Waals surface area contributed by atoms with E-state index in [1.807, 2.05) is 36.0 Å². The first-order chi connectivity index (χ1) is 11.3. The lowest BCUT2D eigenvalue weighted by atomic mass is 10.2. The summed E-state index contributed by atoms with van der Waals surface area (Å²) in [6.45, 7) is 1.64. The van der Waals surface area contributed by atoms with E-state index < -0.39 is 0 Å². The fourth-order valence-electron chi connectivity index (χ4n) is 2.15. The van der Waals surface area contributed by atoms with Crippen LogP contribution >= 0.6 is 24.0 Å². The largest absolute Gasteiger partial charge is 0.361 e. The molecule has 2 N–H and O–H groups in total. The summed E-state index contributed by atoms with van der Waals surface area (Å²) in [6, 6.07) is 20.6. The number of thiocarbonyl (C=S) groups is 1. The summed E-state index contributed by atoms with van der Waals surface area (Å²) in [5.41, 5.74) is 5.62. The molecule has 2 aromatic carbocycles. The van der Waals surface area contributed by atoms with E-state index in [4.69, 9.17) is 12.2 Å². The lowest BCUT2D eigenvalue weighted by Gasteiger charge is -2.27. The zero-order valence-electron chi connectivity index (χ0n) is 13.4. The van der Waals surface area contributed by atoms with E-state index in [0.29, 0.717) is 5.11 Å². The third-order valence-electron chi connectivity index (χ3n) is 3.30. The number of hydrogen-bond acceptors (Lipinski definition) is 3. The first-order valence-corrected chi connectivity index (χ1v) is 9.50. The maximum absolute atomic E-state index is 5.43. The highest BCUT2D eigenvalue weighted by Gasteiger charge is 2.08. The normalized spacial score (nSPS) is 10.1. The van der Waals surface area contributed by atoms with E-state index in [1.54, 1.807) is 0 Å². The van der Waals surface area contributed by atoms with E-state index in [0.717, 1.165) is 31.0 Å². The Bertz CT molecular complexity index is 575. The monoisotopic (exact) mass is 345 g/mol. The van der Waals surface area contributed by atoms with Gasteiger partial charge in [0.2, 0.25) is 0 Å². The number of thioether (sulfide) groups is 1. The molecule has 0 atom stereocenters. The van der Waals surface area contributed by atoms with E-state index >= 15 is 0 Å². The molecule has 0 radical (unpaired) electrons. The topological polar surface area (TPSA) is 27.3 Å². The second kappa shape index (κ2) is 10.1. The Labute approximate surface area is 148 Å². The first kappa shape index (κ1) is 17.6. The fourth-order valence-corrected chi connectivity index (χ4v) is 2.80. The van der Waals surface area contributed by atoms with Gasteiger partial charge in [0.05, 0.1) is 12.2 Å². The second-order valence-corrected chi connectivity index (χ2v) is 6.52. The Balaban J connectivity index is 1.98. The van der Waals surface area contributed by atoms with Gasteiger partial charge < -0.3 is 5.32 Å². The highest BCUT2D eigenvalue weighted by Crippen LogP contribution is 2.14.